The molecule has 0 radical (unpaired) electrons. The highest BCUT2D eigenvalue weighted by Gasteiger charge is 2.31. The molecule has 1 aliphatic carbocycles. The molecule has 0 amide bonds. The van der Waals surface area contributed by atoms with Crippen LogP contribution in [-0.2, 0) is 4.74 Å². The van der Waals surface area contributed by atoms with Crippen molar-refractivity contribution in [2.45, 2.75) is 13.3 Å². The number of rotatable bonds is 2. The highest BCUT2D eigenvalue weighted by molar-refractivity contribution is 6.27. The number of nitrogens with two attached hydrogens (primary N) is 1. The molecule has 0 aliphatic heterocycles. The minimum Gasteiger partial charge on any atom is -0.462 e. The molecule has 88 valence electrons. The zero-order valence-corrected chi connectivity index (χ0v) is 9.28. The first-order valence-corrected chi connectivity index (χ1v) is 5.22. The summed E-state index contributed by atoms with van der Waals surface area (Å²) in [7, 11) is 0. The zero-order chi connectivity index (χ0) is 12.6. The molecule has 5 heteroatoms. The molecule has 0 heterocycles. The molecule has 1 aliphatic rings. The van der Waals surface area contributed by atoms with E-state index in [1.165, 1.54) is 12.1 Å². The number of carbonyl (C=O) groups is 3. The molecule has 1 aromatic rings. The molecule has 2 rings (SSSR count). The van der Waals surface area contributed by atoms with Crippen LogP contribution in [0.5, 0.6) is 0 Å². The molecule has 17 heavy (non-hydrogen) atoms. The molecule has 0 unspecified atom stereocenters. The summed E-state index contributed by atoms with van der Waals surface area (Å²) in [6.45, 7) is 1.90. The number of nitrogen functional groups attached to an aromatic ring is 1. The van der Waals surface area contributed by atoms with Gasteiger partial charge < -0.3 is 10.5 Å². The van der Waals surface area contributed by atoms with E-state index in [0.717, 1.165) is 0 Å². The van der Waals surface area contributed by atoms with Gasteiger partial charge in [0.05, 0.1) is 29.8 Å². The lowest BCUT2D eigenvalue weighted by molar-refractivity contribution is 0.0527. The predicted molar refractivity (Wildman–Crippen MR) is 60.1 cm³/mol. The van der Waals surface area contributed by atoms with Gasteiger partial charge in [-0.05, 0) is 19.1 Å². The van der Waals surface area contributed by atoms with Crippen molar-refractivity contribution in [3.05, 3.63) is 28.8 Å². The van der Waals surface area contributed by atoms with Crippen LogP contribution in [-0.4, -0.2) is 24.1 Å². The molecular weight excluding hydrogens is 222 g/mol. The van der Waals surface area contributed by atoms with Crippen molar-refractivity contribution in [2.75, 3.05) is 12.3 Å². The number of hydrogen-bond acceptors (Lipinski definition) is 5. The van der Waals surface area contributed by atoms with Crippen molar-refractivity contribution >= 4 is 23.2 Å². The van der Waals surface area contributed by atoms with Crippen LogP contribution >= 0.6 is 0 Å². The topological polar surface area (TPSA) is 86.5 Å². The Morgan fingerprint density at radius 3 is 2.71 bits per heavy atom. The van der Waals surface area contributed by atoms with Gasteiger partial charge in [-0.2, -0.15) is 0 Å². The molecule has 0 saturated carbocycles. The summed E-state index contributed by atoms with van der Waals surface area (Å²) in [4.78, 5) is 34.6. The Kier molecular flexibility index (Phi) is 2.67. The Morgan fingerprint density at radius 2 is 2.06 bits per heavy atom. The lowest BCUT2D eigenvalue weighted by Gasteiger charge is -2.08. The van der Waals surface area contributed by atoms with Gasteiger partial charge in [0.2, 0.25) is 0 Å². The number of carbonyl (C=O) groups excluding carboxylic acids is 3. The number of hydrogen-bond donors (Lipinski definition) is 1. The Balaban J connectivity index is 2.54. The van der Waals surface area contributed by atoms with Crippen LogP contribution in [0.15, 0.2) is 12.1 Å². The standard InChI is InChI=1S/C12H11NO4/c1-2-17-12(16)7-4-3-6-8(14)5-9(15)10(6)11(7)13/h3-4H,2,5,13H2,1H3. The SMILES string of the molecule is CCOC(=O)c1ccc2c(c1N)C(=O)CC2=O. The van der Waals surface area contributed by atoms with Gasteiger partial charge in [-0.15, -0.1) is 0 Å². The van der Waals surface area contributed by atoms with Gasteiger partial charge in [-0.3, -0.25) is 9.59 Å². The lowest BCUT2D eigenvalue weighted by atomic mass is 10.0. The number of ketones is 2. The van der Waals surface area contributed by atoms with Gasteiger partial charge in [-0.25, -0.2) is 4.79 Å². The fourth-order valence-electron chi connectivity index (χ4n) is 1.87. The zero-order valence-electron chi connectivity index (χ0n) is 9.28. The first-order chi connectivity index (χ1) is 8.06. The van der Waals surface area contributed by atoms with E-state index in [-0.39, 0.29) is 41.4 Å². The molecule has 2 N–H and O–H groups in total. The Labute approximate surface area is 97.6 Å². The van der Waals surface area contributed by atoms with Gasteiger partial charge in [-0.1, -0.05) is 0 Å². The van der Waals surface area contributed by atoms with Crippen LogP contribution in [0, 0.1) is 0 Å². The smallest absolute Gasteiger partial charge is 0.340 e. The average molecular weight is 233 g/mol. The van der Waals surface area contributed by atoms with Gasteiger partial charge >= 0.3 is 5.97 Å². The highest BCUT2D eigenvalue weighted by atomic mass is 16.5. The van der Waals surface area contributed by atoms with Crippen molar-refractivity contribution in [1.82, 2.24) is 0 Å². The number of esters is 1. The average Bonchev–Trinajstić information content (AvgIpc) is 2.56. The van der Waals surface area contributed by atoms with Crippen LogP contribution in [0.3, 0.4) is 0 Å². The summed E-state index contributed by atoms with van der Waals surface area (Å²) in [6.07, 6.45) is -0.175. The Bertz CT molecular complexity index is 534. The van der Waals surface area contributed by atoms with Crippen LogP contribution in [0.4, 0.5) is 5.69 Å². The summed E-state index contributed by atoms with van der Waals surface area (Å²) >= 11 is 0. The van der Waals surface area contributed by atoms with Crippen molar-refractivity contribution in [3.63, 3.8) is 0 Å². The van der Waals surface area contributed by atoms with E-state index in [9.17, 15) is 14.4 Å². The van der Waals surface area contributed by atoms with Crippen LogP contribution in [0.2, 0.25) is 0 Å². The minimum absolute atomic E-state index is 0.0387. The summed E-state index contributed by atoms with van der Waals surface area (Å²) < 4.78 is 4.82. The fraction of sp³-hybridized carbons (Fsp3) is 0.250. The molecule has 0 aromatic heterocycles. The third-order valence-electron chi connectivity index (χ3n) is 2.64. The van der Waals surface area contributed by atoms with E-state index in [4.69, 9.17) is 10.5 Å². The first kappa shape index (κ1) is 11.3. The Morgan fingerprint density at radius 1 is 1.35 bits per heavy atom. The fourth-order valence-corrected chi connectivity index (χ4v) is 1.87. The second-order valence-corrected chi connectivity index (χ2v) is 3.69. The second kappa shape index (κ2) is 4.01. The molecule has 0 spiro atoms. The number of ether oxygens (including phenoxy) is 1. The van der Waals surface area contributed by atoms with Crippen LogP contribution in [0.25, 0.3) is 0 Å². The quantitative estimate of drug-likeness (QED) is 0.471. The van der Waals surface area contributed by atoms with Crippen LogP contribution < -0.4 is 5.73 Å². The largest absolute Gasteiger partial charge is 0.462 e. The number of Topliss-reactive ketones (excluding diaryl/α,β-unsaturated/α-hetero) is 2. The van der Waals surface area contributed by atoms with Gasteiger partial charge in [0.15, 0.2) is 11.6 Å². The predicted octanol–water partition coefficient (Wildman–Crippen LogP) is 1.21. The maximum atomic E-state index is 11.6. The van der Waals surface area contributed by atoms with Crippen molar-refractivity contribution in [3.8, 4) is 0 Å². The monoisotopic (exact) mass is 233 g/mol. The third-order valence-corrected chi connectivity index (χ3v) is 2.64. The van der Waals surface area contributed by atoms with Crippen molar-refractivity contribution in [2.24, 2.45) is 0 Å². The van der Waals surface area contributed by atoms with E-state index in [0.29, 0.717) is 5.56 Å². The van der Waals surface area contributed by atoms with Gasteiger partial charge in [0.25, 0.3) is 0 Å². The maximum absolute atomic E-state index is 11.6. The first-order valence-electron chi connectivity index (χ1n) is 5.22. The molecule has 1 aromatic carbocycles. The Hall–Kier alpha value is -2.17. The molecule has 0 atom stereocenters. The number of anilines is 1. The van der Waals surface area contributed by atoms with E-state index in [1.807, 2.05) is 0 Å². The summed E-state index contributed by atoms with van der Waals surface area (Å²) in [5.41, 5.74) is 6.36. The third kappa shape index (κ3) is 1.69. The van der Waals surface area contributed by atoms with Gasteiger partial charge in [0.1, 0.15) is 0 Å². The van der Waals surface area contributed by atoms with Crippen molar-refractivity contribution < 1.29 is 19.1 Å². The van der Waals surface area contributed by atoms with Crippen molar-refractivity contribution in [1.29, 1.82) is 0 Å². The second-order valence-electron chi connectivity index (χ2n) is 3.69. The van der Waals surface area contributed by atoms with E-state index < -0.39 is 5.97 Å². The van der Waals surface area contributed by atoms with E-state index in [1.54, 1.807) is 6.92 Å². The summed E-state index contributed by atoms with van der Waals surface area (Å²) in [5, 5.41) is 0. The van der Waals surface area contributed by atoms with E-state index in [2.05, 4.69) is 0 Å². The normalized spacial score (nSPS) is 13.7. The maximum Gasteiger partial charge on any atom is 0.340 e. The van der Waals surface area contributed by atoms with Crippen LogP contribution in [0.1, 0.15) is 44.4 Å². The molecule has 0 fully saturated rings. The number of benzene rings is 1. The molecule has 5 nitrogen and oxygen atoms in total. The van der Waals surface area contributed by atoms with Gasteiger partial charge in [0, 0.05) is 5.56 Å². The van der Waals surface area contributed by atoms with E-state index >= 15 is 0 Å². The summed E-state index contributed by atoms with van der Waals surface area (Å²) in [5.74, 6) is -1.18. The number of fused-ring (bicyclic) bond motifs is 1. The summed E-state index contributed by atoms with van der Waals surface area (Å²) in [6, 6.07) is 2.87. The molecule has 0 bridgehead atoms. The molecule has 0 saturated heterocycles. The highest BCUT2D eigenvalue weighted by Crippen LogP contribution is 2.30. The molecular formula is C12H11NO4. The lowest BCUT2D eigenvalue weighted by Crippen LogP contribution is -2.11. The minimum atomic E-state index is -0.583.